The number of anilines is 3. The van der Waals surface area contributed by atoms with Crippen LogP contribution in [0.3, 0.4) is 0 Å². The lowest BCUT2D eigenvalue weighted by atomic mass is 9.59. The van der Waals surface area contributed by atoms with E-state index >= 15 is 0 Å². The van der Waals surface area contributed by atoms with Gasteiger partial charge in [-0.25, -0.2) is 0 Å². The van der Waals surface area contributed by atoms with Crippen LogP contribution in [0.15, 0.2) is 108 Å². The number of para-hydroxylation sites is 1. The van der Waals surface area contributed by atoms with Crippen molar-refractivity contribution in [2.75, 3.05) is 4.90 Å². The predicted octanol–water partition coefficient (Wildman–Crippen LogP) is 12.7. The molecule has 5 unspecified atom stereocenters. The number of hydrogen-bond acceptors (Lipinski definition) is 2. The lowest BCUT2D eigenvalue weighted by Crippen LogP contribution is -2.40. The van der Waals surface area contributed by atoms with E-state index < -0.39 is 0 Å². The quantitative estimate of drug-likeness (QED) is 0.192. The van der Waals surface area contributed by atoms with E-state index in [-0.39, 0.29) is 16.2 Å². The Bertz CT molecular complexity index is 2350. The van der Waals surface area contributed by atoms with Crippen LogP contribution in [0.5, 0.6) is 0 Å². The summed E-state index contributed by atoms with van der Waals surface area (Å²) in [5.74, 6) is 3.33. The summed E-state index contributed by atoms with van der Waals surface area (Å²) in [6.07, 6.45) is 8.07. The number of furan rings is 1. The van der Waals surface area contributed by atoms with Gasteiger partial charge >= 0.3 is 0 Å². The molecule has 5 aromatic carbocycles. The third kappa shape index (κ3) is 3.68. The first kappa shape index (κ1) is 28.5. The largest absolute Gasteiger partial charge is 0.456 e. The number of rotatable bonds is 3. The fraction of sp³-hybridized carbons (Fsp3) is 0.362. The Morgan fingerprint density at radius 3 is 2.08 bits per heavy atom. The normalized spacial score (nSPS) is 27.9. The Kier molecular flexibility index (Phi) is 5.52. The molecule has 244 valence electrons. The van der Waals surface area contributed by atoms with E-state index in [1.807, 2.05) is 0 Å². The third-order valence-corrected chi connectivity index (χ3v) is 14.3. The van der Waals surface area contributed by atoms with Gasteiger partial charge in [-0.2, -0.15) is 0 Å². The maximum Gasteiger partial charge on any atom is 0.137 e. The Morgan fingerprint density at radius 1 is 0.551 bits per heavy atom. The second-order valence-electron chi connectivity index (χ2n) is 17.6. The second-order valence-corrected chi connectivity index (χ2v) is 17.6. The van der Waals surface area contributed by atoms with Crippen molar-refractivity contribution in [2.45, 2.75) is 82.5 Å². The number of fused-ring (bicyclic) bond motifs is 7. The molecule has 49 heavy (non-hydrogen) atoms. The average Bonchev–Trinajstić information content (AvgIpc) is 3.78. The molecule has 4 bridgehead atoms. The summed E-state index contributed by atoms with van der Waals surface area (Å²) in [7, 11) is 0. The highest BCUT2D eigenvalue weighted by atomic mass is 16.3. The van der Waals surface area contributed by atoms with E-state index in [1.165, 1.54) is 82.9 Å². The van der Waals surface area contributed by atoms with Crippen LogP contribution in [-0.2, 0) is 16.2 Å². The van der Waals surface area contributed by atoms with E-state index in [2.05, 4.69) is 136 Å². The van der Waals surface area contributed by atoms with E-state index in [0.29, 0.717) is 0 Å². The van der Waals surface area contributed by atoms with Gasteiger partial charge < -0.3 is 9.32 Å². The molecule has 2 heteroatoms. The highest BCUT2D eigenvalue weighted by Crippen LogP contribution is 2.73. The van der Waals surface area contributed by atoms with Crippen LogP contribution in [0, 0.1) is 23.7 Å². The minimum atomic E-state index is 0.126. The molecule has 1 spiro atoms. The Balaban J connectivity index is 1.15. The van der Waals surface area contributed by atoms with Crippen LogP contribution in [0.4, 0.5) is 17.1 Å². The first-order valence-corrected chi connectivity index (χ1v) is 18.8. The molecule has 4 saturated carbocycles. The highest BCUT2D eigenvalue weighted by molar-refractivity contribution is 6.06. The molecule has 1 aromatic heterocycles. The van der Waals surface area contributed by atoms with Gasteiger partial charge in [0.1, 0.15) is 11.2 Å². The minimum absolute atomic E-state index is 0.126. The summed E-state index contributed by atoms with van der Waals surface area (Å²) >= 11 is 0. The molecule has 6 aliphatic carbocycles. The van der Waals surface area contributed by atoms with Gasteiger partial charge in [0, 0.05) is 39.3 Å². The van der Waals surface area contributed by atoms with E-state index in [9.17, 15) is 0 Å². The highest BCUT2D eigenvalue weighted by Gasteiger charge is 2.66. The number of hydrogen-bond donors (Lipinski definition) is 0. The van der Waals surface area contributed by atoms with Gasteiger partial charge in [-0.1, -0.05) is 82.3 Å². The Hall–Kier alpha value is -4.30. The zero-order valence-electron chi connectivity index (χ0n) is 29.2. The second kappa shape index (κ2) is 9.48. The number of nitrogens with zero attached hydrogens (tertiary/aromatic N) is 1. The SMILES string of the molecule is CC1(C)CCC(C)(C)c2cc(N(c3ccc4c(c3)C3(c5ccccc5-4)C4CC5CC(C4)C3C5)c3ccc4c(c3)oc3ccccc34)ccc21. The summed E-state index contributed by atoms with van der Waals surface area (Å²) in [6.45, 7) is 9.73. The summed E-state index contributed by atoms with van der Waals surface area (Å²) in [4.78, 5) is 2.53. The molecular formula is C47H45NO. The number of benzene rings is 5. The summed E-state index contributed by atoms with van der Waals surface area (Å²) in [5, 5.41) is 2.35. The van der Waals surface area contributed by atoms with Crippen molar-refractivity contribution in [2.24, 2.45) is 23.7 Å². The Morgan fingerprint density at radius 2 is 1.22 bits per heavy atom. The molecule has 1 heterocycles. The fourth-order valence-corrected chi connectivity index (χ4v) is 12.1. The lowest BCUT2D eigenvalue weighted by molar-refractivity contribution is 0.191. The van der Waals surface area contributed by atoms with Gasteiger partial charge in [-0.15, -0.1) is 0 Å². The summed E-state index contributed by atoms with van der Waals surface area (Å²) in [6, 6.07) is 39.6. The molecule has 12 rings (SSSR count). The van der Waals surface area contributed by atoms with Crippen LogP contribution in [0.25, 0.3) is 33.1 Å². The van der Waals surface area contributed by atoms with Crippen molar-refractivity contribution in [1.29, 1.82) is 0 Å². The molecule has 0 amide bonds. The molecule has 5 atom stereocenters. The fourth-order valence-electron chi connectivity index (χ4n) is 12.1. The molecule has 0 N–H and O–H groups in total. The molecule has 6 aromatic rings. The lowest BCUT2D eigenvalue weighted by Gasteiger charge is -2.44. The molecule has 4 fully saturated rings. The van der Waals surface area contributed by atoms with Crippen molar-refractivity contribution >= 4 is 39.0 Å². The van der Waals surface area contributed by atoms with Gasteiger partial charge in [0.25, 0.3) is 0 Å². The van der Waals surface area contributed by atoms with E-state index in [0.717, 1.165) is 40.5 Å². The van der Waals surface area contributed by atoms with Crippen molar-refractivity contribution in [1.82, 2.24) is 0 Å². The third-order valence-electron chi connectivity index (χ3n) is 14.3. The molecule has 2 nitrogen and oxygen atoms in total. The van der Waals surface area contributed by atoms with Gasteiger partial charge in [0.05, 0.1) is 0 Å². The van der Waals surface area contributed by atoms with Gasteiger partial charge in [0.2, 0.25) is 0 Å². The molecular weight excluding hydrogens is 595 g/mol. The van der Waals surface area contributed by atoms with E-state index in [4.69, 9.17) is 4.42 Å². The van der Waals surface area contributed by atoms with Crippen LogP contribution in [0.1, 0.15) is 88.5 Å². The maximum absolute atomic E-state index is 6.50. The van der Waals surface area contributed by atoms with E-state index in [1.54, 1.807) is 11.1 Å². The van der Waals surface area contributed by atoms with Crippen LogP contribution in [0.2, 0.25) is 0 Å². The minimum Gasteiger partial charge on any atom is -0.456 e. The molecule has 0 aliphatic heterocycles. The first-order valence-electron chi connectivity index (χ1n) is 18.8. The smallest absolute Gasteiger partial charge is 0.137 e. The zero-order chi connectivity index (χ0) is 32.9. The Labute approximate surface area is 290 Å². The summed E-state index contributed by atoms with van der Waals surface area (Å²) in [5.41, 5.74) is 15.1. The standard InChI is InChI=1S/C47H45NO/c1-45(2)19-20-46(3,4)42-26-32(15-18-39(42)45)48(33-14-17-37-36-10-6-8-12-43(36)49-44(37)27-33)31-13-16-35-34-9-5-7-11-38(34)47(41(35)25-31)30-22-28-21-29(24-30)40(47)23-28/h5-18,25-30,40H,19-24H2,1-4H3. The topological polar surface area (TPSA) is 16.4 Å². The van der Waals surface area contributed by atoms with Crippen LogP contribution >= 0.6 is 0 Å². The summed E-state index contributed by atoms with van der Waals surface area (Å²) < 4.78 is 6.50. The van der Waals surface area contributed by atoms with Gasteiger partial charge in [0.15, 0.2) is 0 Å². The molecule has 6 aliphatic rings. The monoisotopic (exact) mass is 639 g/mol. The van der Waals surface area contributed by atoms with Gasteiger partial charge in [-0.05, 0) is 149 Å². The average molecular weight is 640 g/mol. The molecule has 0 radical (unpaired) electrons. The van der Waals surface area contributed by atoms with Crippen molar-refractivity contribution in [3.05, 3.63) is 125 Å². The van der Waals surface area contributed by atoms with Crippen LogP contribution in [-0.4, -0.2) is 0 Å². The van der Waals surface area contributed by atoms with Crippen LogP contribution < -0.4 is 4.90 Å². The van der Waals surface area contributed by atoms with Gasteiger partial charge in [-0.3, -0.25) is 0 Å². The predicted molar refractivity (Wildman–Crippen MR) is 202 cm³/mol. The zero-order valence-corrected chi connectivity index (χ0v) is 29.2. The maximum atomic E-state index is 6.50. The van der Waals surface area contributed by atoms with Crippen molar-refractivity contribution < 1.29 is 4.42 Å². The van der Waals surface area contributed by atoms with Crippen molar-refractivity contribution in [3.8, 4) is 11.1 Å². The van der Waals surface area contributed by atoms with Crippen molar-refractivity contribution in [3.63, 3.8) is 0 Å². The first-order chi connectivity index (χ1) is 23.7. The molecule has 0 saturated heterocycles.